The molecule has 1 heterocycles. The fourth-order valence-corrected chi connectivity index (χ4v) is 4.91. The van der Waals surface area contributed by atoms with Crippen molar-refractivity contribution in [1.82, 2.24) is 5.32 Å². The van der Waals surface area contributed by atoms with Gasteiger partial charge in [-0.15, -0.1) is 11.3 Å². The first-order valence-electron chi connectivity index (χ1n) is 4.75. The maximum Gasteiger partial charge on any atom is 0.0758 e. The molecule has 1 aromatic rings. The van der Waals surface area contributed by atoms with Crippen molar-refractivity contribution < 1.29 is 0 Å². The molecule has 1 fully saturated rings. The third kappa shape index (κ3) is 2.08. The summed E-state index contributed by atoms with van der Waals surface area (Å²) in [4.78, 5) is 0. The SMILES string of the molecule is CNC(c1cc(Br)sc1Br)C1CC1C. The van der Waals surface area contributed by atoms with E-state index in [0.717, 1.165) is 11.8 Å². The molecule has 1 saturated carbocycles. The third-order valence-electron chi connectivity index (χ3n) is 2.93. The Morgan fingerprint density at radius 2 is 2.21 bits per heavy atom. The summed E-state index contributed by atoms with van der Waals surface area (Å²) < 4.78 is 2.45. The van der Waals surface area contributed by atoms with Crippen molar-refractivity contribution in [1.29, 1.82) is 0 Å². The highest BCUT2D eigenvalue weighted by atomic mass is 79.9. The molecule has 0 bridgehead atoms. The summed E-state index contributed by atoms with van der Waals surface area (Å²) in [6.45, 7) is 2.32. The number of hydrogen-bond acceptors (Lipinski definition) is 2. The first kappa shape index (κ1) is 11.1. The molecule has 1 aromatic heterocycles. The van der Waals surface area contributed by atoms with Crippen molar-refractivity contribution in [3.63, 3.8) is 0 Å². The first-order valence-corrected chi connectivity index (χ1v) is 7.15. The van der Waals surface area contributed by atoms with E-state index >= 15 is 0 Å². The normalized spacial score (nSPS) is 27.7. The second-order valence-electron chi connectivity index (χ2n) is 3.92. The highest BCUT2D eigenvalue weighted by Crippen LogP contribution is 2.49. The minimum atomic E-state index is 0.516. The van der Waals surface area contributed by atoms with Crippen molar-refractivity contribution in [2.45, 2.75) is 19.4 Å². The summed E-state index contributed by atoms with van der Waals surface area (Å²) in [6, 6.07) is 2.74. The Kier molecular flexibility index (Phi) is 3.37. The Hall–Kier alpha value is 0.620. The Morgan fingerprint density at radius 3 is 2.57 bits per heavy atom. The van der Waals surface area contributed by atoms with E-state index in [0.29, 0.717) is 6.04 Å². The molecule has 0 aromatic carbocycles. The zero-order chi connectivity index (χ0) is 10.3. The average Bonchev–Trinajstić information content (AvgIpc) is 2.72. The summed E-state index contributed by atoms with van der Waals surface area (Å²) in [6.07, 6.45) is 1.35. The monoisotopic (exact) mass is 337 g/mol. The predicted molar refractivity (Wildman–Crippen MR) is 68.8 cm³/mol. The minimum Gasteiger partial charge on any atom is -0.313 e. The topological polar surface area (TPSA) is 12.0 Å². The summed E-state index contributed by atoms with van der Waals surface area (Å²) in [5, 5.41) is 3.42. The van der Waals surface area contributed by atoms with E-state index in [4.69, 9.17) is 0 Å². The summed E-state index contributed by atoms with van der Waals surface area (Å²) in [5.74, 6) is 1.69. The molecule has 78 valence electrons. The van der Waals surface area contributed by atoms with Crippen LogP contribution in [0.3, 0.4) is 0 Å². The largest absolute Gasteiger partial charge is 0.313 e. The molecule has 2 rings (SSSR count). The van der Waals surface area contributed by atoms with Crippen LogP contribution >= 0.6 is 43.2 Å². The van der Waals surface area contributed by atoms with Crippen LogP contribution in [0, 0.1) is 11.8 Å². The van der Waals surface area contributed by atoms with Gasteiger partial charge in [-0.3, -0.25) is 0 Å². The van der Waals surface area contributed by atoms with Crippen LogP contribution in [0.2, 0.25) is 0 Å². The van der Waals surface area contributed by atoms with Gasteiger partial charge in [0.2, 0.25) is 0 Å². The number of thiophene rings is 1. The average molecular weight is 339 g/mol. The van der Waals surface area contributed by atoms with Gasteiger partial charge in [0.1, 0.15) is 0 Å². The van der Waals surface area contributed by atoms with Crippen LogP contribution in [0.25, 0.3) is 0 Å². The summed E-state index contributed by atoms with van der Waals surface area (Å²) in [5.41, 5.74) is 1.40. The molecule has 3 unspecified atom stereocenters. The Morgan fingerprint density at radius 1 is 1.57 bits per heavy atom. The second kappa shape index (κ2) is 4.24. The lowest BCUT2D eigenvalue weighted by atomic mass is 10.1. The van der Waals surface area contributed by atoms with Crippen LogP contribution < -0.4 is 5.32 Å². The highest BCUT2D eigenvalue weighted by Gasteiger charge is 2.40. The Balaban J connectivity index is 2.23. The van der Waals surface area contributed by atoms with Gasteiger partial charge in [0.05, 0.1) is 7.57 Å². The van der Waals surface area contributed by atoms with Gasteiger partial charge < -0.3 is 5.32 Å². The molecular formula is C10H13Br2NS. The van der Waals surface area contributed by atoms with E-state index in [1.165, 1.54) is 19.6 Å². The minimum absolute atomic E-state index is 0.516. The lowest BCUT2D eigenvalue weighted by Gasteiger charge is -2.15. The van der Waals surface area contributed by atoms with Gasteiger partial charge in [0.25, 0.3) is 0 Å². The molecule has 0 saturated heterocycles. The molecule has 14 heavy (non-hydrogen) atoms. The van der Waals surface area contributed by atoms with Crippen LogP contribution in [0.15, 0.2) is 13.6 Å². The van der Waals surface area contributed by atoms with Crippen molar-refractivity contribution >= 4 is 43.2 Å². The van der Waals surface area contributed by atoms with Crippen LogP contribution in [-0.4, -0.2) is 7.05 Å². The number of hydrogen-bond donors (Lipinski definition) is 1. The molecule has 0 spiro atoms. The molecule has 1 N–H and O–H groups in total. The quantitative estimate of drug-likeness (QED) is 0.871. The fraction of sp³-hybridized carbons (Fsp3) is 0.600. The van der Waals surface area contributed by atoms with Crippen LogP contribution in [0.5, 0.6) is 0 Å². The van der Waals surface area contributed by atoms with Gasteiger partial charge in [-0.1, -0.05) is 6.92 Å². The maximum absolute atomic E-state index is 3.62. The number of nitrogens with one attached hydrogen (secondary N) is 1. The smallest absolute Gasteiger partial charge is 0.0758 e. The lowest BCUT2D eigenvalue weighted by Crippen LogP contribution is -2.18. The van der Waals surface area contributed by atoms with Gasteiger partial charge in [0, 0.05) is 6.04 Å². The third-order valence-corrected chi connectivity index (χ3v) is 5.31. The molecule has 4 heteroatoms. The van der Waals surface area contributed by atoms with Gasteiger partial charge in [0.15, 0.2) is 0 Å². The van der Waals surface area contributed by atoms with Crippen molar-refractivity contribution in [2.75, 3.05) is 7.05 Å². The lowest BCUT2D eigenvalue weighted by molar-refractivity contribution is 0.504. The second-order valence-corrected chi connectivity index (χ2v) is 7.67. The molecule has 1 aliphatic carbocycles. The Labute approximate surface area is 106 Å². The van der Waals surface area contributed by atoms with E-state index in [9.17, 15) is 0 Å². The maximum atomic E-state index is 3.62. The van der Waals surface area contributed by atoms with E-state index in [1.807, 2.05) is 7.05 Å². The van der Waals surface area contributed by atoms with Gasteiger partial charge in [-0.25, -0.2) is 0 Å². The van der Waals surface area contributed by atoms with Crippen LogP contribution in [-0.2, 0) is 0 Å². The highest BCUT2D eigenvalue weighted by molar-refractivity contribution is 9.12. The molecule has 0 amide bonds. The predicted octanol–water partition coefficient (Wildman–Crippen LogP) is 4.19. The first-order chi connectivity index (χ1) is 6.63. The fourth-order valence-electron chi connectivity index (χ4n) is 1.98. The molecule has 1 aliphatic rings. The van der Waals surface area contributed by atoms with Crippen LogP contribution in [0.4, 0.5) is 0 Å². The molecule has 0 radical (unpaired) electrons. The van der Waals surface area contributed by atoms with Crippen molar-refractivity contribution in [2.24, 2.45) is 11.8 Å². The van der Waals surface area contributed by atoms with Crippen molar-refractivity contribution in [3.8, 4) is 0 Å². The number of halogens is 2. The van der Waals surface area contributed by atoms with E-state index in [-0.39, 0.29) is 0 Å². The van der Waals surface area contributed by atoms with E-state index < -0.39 is 0 Å². The molecule has 0 aliphatic heterocycles. The van der Waals surface area contributed by atoms with Crippen LogP contribution in [0.1, 0.15) is 24.9 Å². The van der Waals surface area contributed by atoms with Gasteiger partial charge in [-0.2, -0.15) is 0 Å². The number of rotatable bonds is 3. The molecule has 1 nitrogen and oxygen atoms in total. The van der Waals surface area contributed by atoms with Gasteiger partial charge >= 0.3 is 0 Å². The molecular weight excluding hydrogens is 326 g/mol. The Bertz CT molecular complexity index is 337. The zero-order valence-corrected chi connectivity index (χ0v) is 12.2. The standard InChI is InChI=1S/C10H13Br2NS/c1-5-3-6(5)9(13-2)7-4-8(11)14-10(7)12/h4-6,9,13H,3H2,1-2H3. The molecule has 3 atom stereocenters. The zero-order valence-electron chi connectivity index (χ0n) is 8.18. The van der Waals surface area contributed by atoms with E-state index in [2.05, 4.69) is 50.2 Å². The van der Waals surface area contributed by atoms with Crippen molar-refractivity contribution in [3.05, 3.63) is 19.2 Å². The summed E-state index contributed by atoms with van der Waals surface area (Å²) in [7, 11) is 2.05. The van der Waals surface area contributed by atoms with E-state index in [1.54, 1.807) is 11.3 Å². The summed E-state index contributed by atoms with van der Waals surface area (Å²) >= 11 is 8.90. The van der Waals surface area contributed by atoms with Gasteiger partial charge in [-0.05, 0) is 68.8 Å².